The molecule has 3 aromatic rings. The van der Waals surface area contributed by atoms with Crippen molar-refractivity contribution in [3.05, 3.63) is 40.5 Å². The summed E-state index contributed by atoms with van der Waals surface area (Å²) in [7, 11) is -3.75. The van der Waals surface area contributed by atoms with Crippen LogP contribution in [0.5, 0.6) is 0 Å². The van der Waals surface area contributed by atoms with Crippen molar-refractivity contribution in [1.82, 2.24) is 15.0 Å². The number of nitrogens with zero attached hydrogens (tertiary/aromatic N) is 2. The number of H-pyrrole nitrogens is 1. The monoisotopic (exact) mass is 455 g/mol. The summed E-state index contributed by atoms with van der Waals surface area (Å²) in [6.45, 7) is 1.87. The number of nitrogens with two attached hydrogens (primary N) is 1. The number of hydrogen-bond donors (Lipinski definition) is 3. The highest BCUT2D eigenvalue weighted by molar-refractivity contribution is 9.10. The van der Waals surface area contributed by atoms with Crippen LogP contribution in [0.4, 0.5) is 5.69 Å². The Balaban J connectivity index is 1.62. The van der Waals surface area contributed by atoms with Gasteiger partial charge in [-0.25, -0.2) is 23.5 Å². The zero-order valence-corrected chi connectivity index (χ0v) is 16.7. The SMILES string of the molecule is Cc1nc2nc(SCC(=O)Nc3ccc(S(N)(=O)=O)cc3)[nH]c2cc1Br. The number of aryl methyl sites for hydroxylation is 1. The maximum absolute atomic E-state index is 12.1. The Morgan fingerprint density at radius 2 is 2.00 bits per heavy atom. The zero-order chi connectivity index (χ0) is 18.9. The summed E-state index contributed by atoms with van der Waals surface area (Å²) in [6.07, 6.45) is 0. The lowest BCUT2D eigenvalue weighted by molar-refractivity contribution is -0.113. The molecular weight excluding hydrogens is 442 g/mol. The molecular formula is C15H14BrN5O3S2. The number of sulfonamides is 1. The smallest absolute Gasteiger partial charge is 0.238 e. The van der Waals surface area contributed by atoms with Crippen LogP contribution in [-0.2, 0) is 14.8 Å². The fourth-order valence-electron chi connectivity index (χ4n) is 2.11. The molecule has 4 N–H and O–H groups in total. The lowest BCUT2D eigenvalue weighted by Gasteiger charge is -2.05. The number of rotatable bonds is 5. The van der Waals surface area contributed by atoms with Gasteiger partial charge in [0.1, 0.15) is 0 Å². The Bertz CT molecular complexity index is 1040. The number of imidazole rings is 1. The number of halogens is 1. The van der Waals surface area contributed by atoms with Crippen LogP contribution in [0.25, 0.3) is 11.2 Å². The minimum atomic E-state index is -3.75. The lowest BCUT2D eigenvalue weighted by atomic mass is 10.3. The average Bonchev–Trinajstić information content (AvgIpc) is 2.95. The van der Waals surface area contributed by atoms with E-state index in [-0.39, 0.29) is 16.6 Å². The molecule has 3 rings (SSSR count). The quantitative estimate of drug-likeness (QED) is 0.506. The predicted octanol–water partition coefficient (Wildman–Crippen LogP) is 2.41. The molecule has 0 bridgehead atoms. The van der Waals surface area contributed by atoms with Crippen LogP contribution >= 0.6 is 27.7 Å². The van der Waals surface area contributed by atoms with Crippen LogP contribution in [0.1, 0.15) is 5.69 Å². The van der Waals surface area contributed by atoms with Gasteiger partial charge < -0.3 is 10.3 Å². The molecule has 11 heteroatoms. The summed E-state index contributed by atoms with van der Waals surface area (Å²) in [4.78, 5) is 23.8. The second-order valence-electron chi connectivity index (χ2n) is 5.37. The third-order valence-corrected chi connectivity index (χ3v) is 5.99. The number of pyridine rings is 1. The van der Waals surface area contributed by atoms with Crippen LogP contribution in [0.2, 0.25) is 0 Å². The number of thioether (sulfide) groups is 1. The van der Waals surface area contributed by atoms with E-state index in [1.165, 1.54) is 36.0 Å². The Morgan fingerprint density at radius 3 is 2.65 bits per heavy atom. The highest BCUT2D eigenvalue weighted by Gasteiger charge is 2.11. The molecule has 0 unspecified atom stereocenters. The van der Waals surface area contributed by atoms with E-state index in [0.29, 0.717) is 16.5 Å². The Morgan fingerprint density at radius 1 is 1.31 bits per heavy atom. The molecule has 1 amide bonds. The van der Waals surface area contributed by atoms with Crippen LogP contribution in [0.3, 0.4) is 0 Å². The van der Waals surface area contributed by atoms with E-state index in [1.54, 1.807) is 0 Å². The summed E-state index contributed by atoms with van der Waals surface area (Å²) in [5, 5.41) is 8.30. The van der Waals surface area contributed by atoms with E-state index in [9.17, 15) is 13.2 Å². The molecule has 0 spiro atoms. The van der Waals surface area contributed by atoms with Crippen molar-refractivity contribution >= 4 is 60.5 Å². The van der Waals surface area contributed by atoms with E-state index in [0.717, 1.165) is 15.7 Å². The van der Waals surface area contributed by atoms with Gasteiger partial charge in [0.05, 0.1) is 21.9 Å². The molecule has 1 aromatic carbocycles. The number of aromatic nitrogens is 3. The van der Waals surface area contributed by atoms with Crippen molar-refractivity contribution in [3.8, 4) is 0 Å². The van der Waals surface area contributed by atoms with Gasteiger partial charge in [-0.2, -0.15) is 0 Å². The van der Waals surface area contributed by atoms with Gasteiger partial charge in [-0.05, 0) is 53.2 Å². The van der Waals surface area contributed by atoms with Crippen molar-refractivity contribution < 1.29 is 13.2 Å². The van der Waals surface area contributed by atoms with Gasteiger partial charge in [-0.3, -0.25) is 4.79 Å². The Hall–Kier alpha value is -1.95. The van der Waals surface area contributed by atoms with Gasteiger partial charge in [0.25, 0.3) is 0 Å². The second-order valence-corrected chi connectivity index (χ2v) is 8.75. The normalized spacial score (nSPS) is 11.7. The summed E-state index contributed by atoms with van der Waals surface area (Å²) in [6, 6.07) is 7.52. The zero-order valence-electron chi connectivity index (χ0n) is 13.5. The fourth-order valence-corrected chi connectivity index (χ4v) is 3.62. The van der Waals surface area contributed by atoms with E-state index < -0.39 is 10.0 Å². The van der Waals surface area contributed by atoms with Crippen molar-refractivity contribution in [2.75, 3.05) is 11.1 Å². The highest BCUT2D eigenvalue weighted by Crippen LogP contribution is 2.23. The van der Waals surface area contributed by atoms with Crippen molar-refractivity contribution in [2.45, 2.75) is 17.0 Å². The first kappa shape index (κ1) is 18.8. The maximum Gasteiger partial charge on any atom is 0.238 e. The largest absolute Gasteiger partial charge is 0.331 e. The number of primary sulfonamides is 1. The summed E-state index contributed by atoms with van der Waals surface area (Å²) in [5.41, 5.74) is 2.69. The van der Waals surface area contributed by atoms with Gasteiger partial charge in [0.15, 0.2) is 10.8 Å². The number of fused-ring (bicyclic) bond motifs is 1. The number of amides is 1. The molecule has 0 aliphatic carbocycles. The number of carbonyl (C=O) groups excluding carboxylic acids is 1. The van der Waals surface area contributed by atoms with Crippen LogP contribution < -0.4 is 10.5 Å². The molecule has 2 aromatic heterocycles. The van der Waals surface area contributed by atoms with Crippen LogP contribution in [0, 0.1) is 6.92 Å². The second kappa shape index (κ2) is 7.35. The minimum Gasteiger partial charge on any atom is -0.331 e. The van der Waals surface area contributed by atoms with E-state index >= 15 is 0 Å². The molecule has 8 nitrogen and oxygen atoms in total. The van der Waals surface area contributed by atoms with Gasteiger partial charge in [0.2, 0.25) is 15.9 Å². The molecule has 0 saturated heterocycles. The Kier molecular flexibility index (Phi) is 5.32. The number of hydrogen-bond acceptors (Lipinski definition) is 6. The third-order valence-electron chi connectivity index (χ3n) is 3.39. The summed E-state index contributed by atoms with van der Waals surface area (Å²) >= 11 is 4.66. The first-order chi connectivity index (χ1) is 12.2. The number of carbonyl (C=O) groups is 1. The molecule has 26 heavy (non-hydrogen) atoms. The number of nitrogens with one attached hydrogen (secondary N) is 2. The van der Waals surface area contributed by atoms with Gasteiger partial charge in [-0.1, -0.05) is 11.8 Å². The predicted molar refractivity (Wildman–Crippen MR) is 103 cm³/mol. The lowest BCUT2D eigenvalue weighted by Crippen LogP contribution is -2.15. The van der Waals surface area contributed by atoms with Gasteiger partial charge >= 0.3 is 0 Å². The first-order valence-corrected chi connectivity index (χ1v) is 10.6. The summed E-state index contributed by atoms with van der Waals surface area (Å²) in [5.74, 6) is -0.110. The molecule has 0 fully saturated rings. The van der Waals surface area contributed by atoms with Gasteiger partial charge in [-0.15, -0.1) is 0 Å². The van der Waals surface area contributed by atoms with Crippen LogP contribution in [0.15, 0.2) is 44.9 Å². The molecule has 0 radical (unpaired) electrons. The van der Waals surface area contributed by atoms with E-state index in [4.69, 9.17) is 5.14 Å². The average molecular weight is 456 g/mol. The van der Waals surface area contributed by atoms with Crippen molar-refractivity contribution in [1.29, 1.82) is 0 Å². The highest BCUT2D eigenvalue weighted by atomic mass is 79.9. The van der Waals surface area contributed by atoms with Crippen LogP contribution in [-0.4, -0.2) is 35.0 Å². The molecule has 0 saturated carbocycles. The van der Waals surface area contributed by atoms with E-state index in [1.807, 2.05) is 13.0 Å². The molecule has 0 aliphatic rings. The van der Waals surface area contributed by atoms with Crippen molar-refractivity contribution in [3.63, 3.8) is 0 Å². The van der Waals surface area contributed by atoms with Crippen molar-refractivity contribution in [2.24, 2.45) is 5.14 Å². The standard InChI is InChI=1S/C15H14BrN5O3S2/c1-8-11(16)6-12-14(18-8)21-15(20-12)25-7-13(22)19-9-2-4-10(5-3-9)26(17,23)24/h2-6H,7H2,1H3,(H,19,22)(H2,17,23,24)(H,18,20,21). The van der Waals surface area contributed by atoms with E-state index in [2.05, 4.69) is 36.2 Å². The maximum atomic E-state index is 12.1. The number of benzene rings is 1. The molecule has 136 valence electrons. The third kappa shape index (κ3) is 4.41. The minimum absolute atomic E-state index is 0.0129. The number of aromatic amines is 1. The first-order valence-electron chi connectivity index (χ1n) is 7.31. The van der Waals surface area contributed by atoms with Gasteiger partial charge in [0, 0.05) is 10.2 Å². The fraction of sp³-hybridized carbons (Fsp3) is 0.133. The summed E-state index contributed by atoms with van der Waals surface area (Å²) < 4.78 is 23.3. The topological polar surface area (TPSA) is 131 Å². The number of anilines is 1. The Labute approximate surface area is 162 Å². The molecule has 0 aliphatic heterocycles. The molecule has 2 heterocycles. The molecule has 0 atom stereocenters.